The van der Waals surface area contributed by atoms with Crippen molar-refractivity contribution >= 4 is 29.5 Å². The van der Waals surface area contributed by atoms with E-state index in [1.165, 1.54) is 0 Å². The highest BCUT2D eigenvalue weighted by molar-refractivity contribution is 6.34. The molecular weight excluding hydrogens is 254 g/mol. The SMILES string of the molecule is O=Cc1c([N+](=O)[O-])ccc(OCC(=O)O)c1Cl. The van der Waals surface area contributed by atoms with E-state index in [1.807, 2.05) is 0 Å². The molecule has 0 spiro atoms. The number of aldehydes is 1. The summed E-state index contributed by atoms with van der Waals surface area (Å²) in [5, 5.41) is 18.7. The molecule has 0 aliphatic heterocycles. The molecule has 0 fully saturated rings. The van der Waals surface area contributed by atoms with Gasteiger partial charge in [0.25, 0.3) is 5.69 Å². The van der Waals surface area contributed by atoms with Crippen molar-refractivity contribution in [3.8, 4) is 5.75 Å². The number of carbonyl (C=O) groups excluding carboxylic acids is 1. The number of aliphatic carboxylic acids is 1. The van der Waals surface area contributed by atoms with Crippen LogP contribution >= 0.6 is 11.6 Å². The molecule has 0 atom stereocenters. The average Bonchev–Trinajstić information content (AvgIpc) is 2.26. The lowest BCUT2D eigenvalue weighted by Gasteiger charge is -2.07. The van der Waals surface area contributed by atoms with Crippen molar-refractivity contribution in [1.29, 1.82) is 0 Å². The van der Waals surface area contributed by atoms with Crippen LogP contribution in [-0.4, -0.2) is 28.9 Å². The number of hydrogen-bond donors (Lipinski definition) is 1. The summed E-state index contributed by atoms with van der Waals surface area (Å²) >= 11 is 5.69. The van der Waals surface area contributed by atoms with Crippen LogP contribution in [0.15, 0.2) is 12.1 Å². The summed E-state index contributed by atoms with van der Waals surface area (Å²) in [6.45, 7) is -0.657. The first-order valence-corrected chi connectivity index (χ1v) is 4.61. The van der Waals surface area contributed by atoms with Gasteiger partial charge >= 0.3 is 5.97 Å². The molecule has 1 aromatic carbocycles. The van der Waals surface area contributed by atoms with E-state index in [1.54, 1.807) is 0 Å². The number of nitro benzene ring substituents is 1. The molecule has 0 saturated heterocycles. The van der Waals surface area contributed by atoms with Gasteiger partial charge in [-0.25, -0.2) is 4.79 Å². The van der Waals surface area contributed by atoms with Gasteiger partial charge in [0.15, 0.2) is 12.9 Å². The Morgan fingerprint density at radius 2 is 2.24 bits per heavy atom. The number of halogens is 1. The summed E-state index contributed by atoms with van der Waals surface area (Å²) in [5.74, 6) is -1.33. The average molecular weight is 260 g/mol. The van der Waals surface area contributed by atoms with Gasteiger partial charge in [-0.2, -0.15) is 0 Å². The molecule has 7 nitrogen and oxygen atoms in total. The van der Waals surface area contributed by atoms with Crippen molar-refractivity contribution in [2.45, 2.75) is 0 Å². The van der Waals surface area contributed by atoms with Crippen LogP contribution in [0.25, 0.3) is 0 Å². The number of carboxylic acids is 1. The van der Waals surface area contributed by atoms with Gasteiger partial charge in [-0.1, -0.05) is 11.6 Å². The molecule has 0 saturated carbocycles. The Balaban J connectivity index is 3.15. The topological polar surface area (TPSA) is 107 Å². The summed E-state index contributed by atoms with van der Waals surface area (Å²) in [5.41, 5.74) is -0.813. The van der Waals surface area contributed by atoms with Gasteiger partial charge in [0.2, 0.25) is 0 Å². The van der Waals surface area contributed by atoms with E-state index in [0.29, 0.717) is 0 Å². The summed E-state index contributed by atoms with van der Waals surface area (Å²) < 4.78 is 4.76. The smallest absolute Gasteiger partial charge is 0.341 e. The van der Waals surface area contributed by atoms with Crippen molar-refractivity contribution in [2.75, 3.05) is 6.61 Å². The molecule has 0 unspecified atom stereocenters. The molecule has 0 aliphatic carbocycles. The Morgan fingerprint density at radius 1 is 1.59 bits per heavy atom. The lowest BCUT2D eigenvalue weighted by molar-refractivity contribution is -0.385. The van der Waals surface area contributed by atoms with E-state index in [4.69, 9.17) is 21.4 Å². The monoisotopic (exact) mass is 259 g/mol. The fraction of sp³-hybridized carbons (Fsp3) is 0.111. The minimum atomic E-state index is -1.23. The van der Waals surface area contributed by atoms with Gasteiger partial charge in [-0.15, -0.1) is 0 Å². The maximum absolute atomic E-state index is 10.7. The minimum Gasteiger partial charge on any atom is -0.480 e. The van der Waals surface area contributed by atoms with Crippen LogP contribution in [0.3, 0.4) is 0 Å². The number of nitrogens with zero attached hydrogens (tertiary/aromatic N) is 1. The molecule has 0 bridgehead atoms. The van der Waals surface area contributed by atoms with Crippen LogP contribution in [0.5, 0.6) is 5.75 Å². The van der Waals surface area contributed by atoms with Crippen LogP contribution in [0, 0.1) is 10.1 Å². The number of carboxylic acid groups (broad SMARTS) is 1. The van der Waals surface area contributed by atoms with Gasteiger partial charge in [0, 0.05) is 6.07 Å². The predicted octanol–water partition coefficient (Wildman–Crippen LogP) is 1.52. The first-order valence-electron chi connectivity index (χ1n) is 4.24. The highest BCUT2D eigenvalue weighted by Gasteiger charge is 2.20. The maximum Gasteiger partial charge on any atom is 0.341 e. The molecule has 1 N–H and O–H groups in total. The third-order valence-corrected chi connectivity index (χ3v) is 2.18. The second-order valence-electron chi connectivity index (χ2n) is 2.87. The first-order chi connectivity index (χ1) is 7.97. The molecule has 0 radical (unpaired) electrons. The minimum absolute atomic E-state index is 0.0956. The largest absolute Gasteiger partial charge is 0.480 e. The lowest BCUT2D eigenvalue weighted by atomic mass is 10.2. The zero-order valence-corrected chi connectivity index (χ0v) is 9.01. The van der Waals surface area contributed by atoms with Crippen LogP contribution in [0.4, 0.5) is 5.69 Å². The van der Waals surface area contributed by atoms with E-state index in [0.717, 1.165) is 12.1 Å². The van der Waals surface area contributed by atoms with Crippen molar-refractivity contribution in [1.82, 2.24) is 0 Å². The van der Waals surface area contributed by atoms with Crippen molar-refractivity contribution in [3.05, 3.63) is 32.8 Å². The highest BCUT2D eigenvalue weighted by atomic mass is 35.5. The normalized spacial score (nSPS) is 9.71. The standard InChI is InChI=1S/C9H6ClNO6/c10-9-5(3-12)6(11(15)16)1-2-7(9)17-4-8(13)14/h1-3H,4H2,(H,13,14). The van der Waals surface area contributed by atoms with E-state index < -0.39 is 23.2 Å². The Labute approximate surface area is 99.7 Å². The van der Waals surface area contributed by atoms with Crippen molar-refractivity contribution in [2.24, 2.45) is 0 Å². The van der Waals surface area contributed by atoms with E-state index in [2.05, 4.69) is 0 Å². The third-order valence-electron chi connectivity index (χ3n) is 1.79. The zero-order chi connectivity index (χ0) is 13.0. The van der Waals surface area contributed by atoms with Crippen LogP contribution in [0.1, 0.15) is 10.4 Å². The van der Waals surface area contributed by atoms with E-state index in [9.17, 15) is 19.7 Å². The molecule has 0 heterocycles. The molecule has 1 rings (SSSR count). The lowest BCUT2D eigenvalue weighted by Crippen LogP contribution is -2.10. The second kappa shape index (κ2) is 5.26. The maximum atomic E-state index is 10.7. The summed E-state index contributed by atoms with van der Waals surface area (Å²) in [7, 11) is 0. The Hall–Kier alpha value is -2.15. The fourth-order valence-corrected chi connectivity index (χ4v) is 1.34. The molecule has 0 amide bonds. The molecule has 1 aromatic rings. The number of carbonyl (C=O) groups is 2. The highest BCUT2D eigenvalue weighted by Crippen LogP contribution is 2.33. The fourth-order valence-electron chi connectivity index (χ4n) is 1.09. The molecule has 0 aliphatic rings. The quantitative estimate of drug-likeness (QED) is 0.488. The second-order valence-corrected chi connectivity index (χ2v) is 3.25. The molecular formula is C9H6ClNO6. The Bertz CT molecular complexity index is 487. The third kappa shape index (κ3) is 2.91. The van der Waals surface area contributed by atoms with Crippen LogP contribution in [0.2, 0.25) is 5.02 Å². The summed E-state index contributed by atoms with van der Waals surface area (Å²) in [6.07, 6.45) is 0.216. The Morgan fingerprint density at radius 3 is 2.71 bits per heavy atom. The van der Waals surface area contributed by atoms with E-state index in [-0.39, 0.29) is 22.6 Å². The van der Waals surface area contributed by atoms with Gasteiger partial charge in [-0.05, 0) is 6.07 Å². The van der Waals surface area contributed by atoms with Gasteiger partial charge in [-0.3, -0.25) is 14.9 Å². The first kappa shape index (κ1) is 12.9. The molecule has 0 aromatic heterocycles. The van der Waals surface area contributed by atoms with Crippen molar-refractivity contribution < 1.29 is 24.4 Å². The van der Waals surface area contributed by atoms with Gasteiger partial charge in [0.05, 0.1) is 4.92 Å². The zero-order valence-electron chi connectivity index (χ0n) is 8.25. The summed E-state index contributed by atoms with van der Waals surface area (Å²) in [6, 6.07) is 2.16. The molecule has 90 valence electrons. The molecule has 17 heavy (non-hydrogen) atoms. The van der Waals surface area contributed by atoms with Gasteiger partial charge < -0.3 is 9.84 Å². The van der Waals surface area contributed by atoms with Gasteiger partial charge in [0.1, 0.15) is 16.3 Å². The van der Waals surface area contributed by atoms with Crippen molar-refractivity contribution in [3.63, 3.8) is 0 Å². The molecule has 8 heteroatoms. The van der Waals surface area contributed by atoms with Crippen LogP contribution < -0.4 is 4.74 Å². The van der Waals surface area contributed by atoms with E-state index >= 15 is 0 Å². The number of benzene rings is 1. The number of ether oxygens (including phenoxy) is 1. The number of hydrogen-bond acceptors (Lipinski definition) is 5. The number of nitro groups is 1. The predicted molar refractivity (Wildman–Crippen MR) is 56.6 cm³/mol. The number of rotatable bonds is 5. The van der Waals surface area contributed by atoms with Crippen LogP contribution in [-0.2, 0) is 4.79 Å². The summed E-state index contributed by atoms with van der Waals surface area (Å²) in [4.78, 5) is 30.7. The Kier molecular flexibility index (Phi) is 4.00.